The molecular formula is C25H25N5O6. The van der Waals surface area contributed by atoms with Crippen molar-refractivity contribution in [3.8, 4) is 11.5 Å². The molecule has 5 rings (SSSR count). The fourth-order valence-electron chi connectivity index (χ4n) is 4.71. The Morgan fingerprint density at radius 3 is 2.64 bits per heavy atom. The number of nitrogens with zero attached hydrogens (tertiary/aromatic N) is 4. The highest BCUT2D eigenvalue weighted by atomic mass is 16.5. The minimum Gasteiger partial charge on any atom is -0.493 e. The molecule has 0 unspecified atom stereocenters. The molecule has 3 heterocycles. The van der Waals surface area contributed by atoms with E-state index < -0.39 is 6.17 Å². The summed E-state index contributed by atoms with van der Waals surface area (Å²) in [5, 5.41) is 6.54. The van der Waals surface area contributed by atoms with Crippen LogP contribution < -0.4 is 19.7 Å². The van der Waals surface area contributed by atoms with Gasteiger partial charge in [-0.1, -0.05) is 23.4 Å². The maximum Gasteiger partial charge on any atom is 0.264 e. The first-order valence-corrected chi connectivity index (χ1v) is 11.5. The second-order valence-electron chi connectivity index (χ2n) is 8.42. The van der Waals surface area contributed by atoms with E-state index in [1.54, 1.807) is 53.1 Å². The topological polar surface area (TPSA) is 127 Å². The normalized spacial score (nSPS) is 15.9. The number of fused-ring (bicyclic) bond motifs is 5. The smallest absolute Gasteiger partial charge is 0.264 e. The molecule has 2 aliphatic rings. The van der Waals surface area contributed by atoms with E-state index in [0.717, 1.165) is 0 Å². The van der Waals surface area contributed by atoms with Gasteiger partial charge in [-0.3, -0.25) is 19.3 Å². The zero-order valence-electron chi connectivity index (χ0n) is 20.1. The third kappa shape index (κ3) is 3.82. The summed E-state index contributed by atoms with van der Waals surface area (Å²) in [6, 6.07) is 10.4. The molecule has 2 aromatic carbocycles. The molecule has 0 radical (unpaired) electrons. The molecule has 36 heavy (non-hydrogen) atoms. The molecule has 3 amide bonds. The van der Waals surface area contributed by atoms with Crippen LogP contribution in [0.2, 0.25) is 0 Å². The molecular weight excluding hydrogens is 466 g/mol. The Balaban J connectivity index is 1.41. The highest BCUT2D eigenvalue weighted by Gasteiger charge is 2.49. The van der Waals surface area contributed by atoms with Gasteiger partial charge in [0.2, 0.25) is 11.8 Å². The Kier molecular flexibility index (Phi) is 6.05. The number of anilines is 1. The number of benzene rings is 2. The monoisotopic (exact) mass is 491 g/mol. The van der Waals surface area contributed by atoms with Crippen molar-refractivity contribution in [1.29, 1.82) is 0 Å². The third-order valence-electron chi connectivity index (χ3n) is 6.29. The second kappa shape index (κ2) is 9.33. The van der Waals surface area contributed by atoms with Gasteiger partial charge < -0.3 is 24.2 Å². The summed E-state index contributed by atoms with van der Waals surface area (Å²) in [5.74, 6) is 0.926. The number of aryl methyl sites for hydroxylation is 1. The van der Waals surface area contributed by atoms with E-state index in [9.17, 15) is 14.4 Å². The summed E-state index contributed by atoms with van der Waals surface area (Å²) in [6.07, 6.45) is -0.246. The van der Waals surface area contributed by atoms with Crippen molar-refractivity contribution in [3.63, 3.8) is 0 Å². The molecule has 1 atom stereocenters. The minimum atomic E-state index is -0.705. The minimum absolute atomic E-state index is 0.0535. The zero-order chi connectivity index (χ0) is 25.4. The number of carbonyl (C=O) groups is 3. The van der Waals surface area contributed by atoms with Gasteiger partial charge in [0.1, 0.15) is 6.17 Å². The van der Waals surface area contributed by atoms with Crippen molar-refractivity contribution in [3.05, 3.63) is 64.8 Å². The maximum atomic E-state index is 13.7. The number of amides is 3. The van der Waals surface area contributed by atoms with Crippen LogP contribution >= 0.6 is 0 Å². The van der Waals surface area contributed by atoms with E-state index in [2.05, 4.69) is 15.5 Å². The van der Waals surface area contributed by atoms with Crippen LogP contribution in [0.4, 0.5) is 5.69 Å². The SMILES string of the molecule is COc1ccc2c(c1OC)C(=O)N1c3ccccc3C(=O)N(CCC(=O)NCCc3nc(C)no3)[C@H]21. The predicted molar refractivity (Wildman–Crippen MR) is 127 cm³/mol. The summed E-state index contributed by atoms with van der Waals surface area (Å²) < 4.78 is 16.0. The van der Waals surface area contributed by atoms with Gasteiger partial charge in [0.25, 0.3) is 11.8 Å². The largest absolute Gasteiger partial charge is 0.493 e. The quantitative estimate of drug-likeness (QED) is 0.508. The Bertz CT molecular complexity index is 1350. The van der Waals surface area contributed by atoms with E-state index in [1.165, 1.54) is 14.2 Å². The van der Waals surface area contributed by atoms with Gasteiger partial charge >= 0.3 is 0 Å². The Morgan fingerprint density at radius 2 is 1.92 bits per heavy atom. The van der Waals surface area contributed by atoms with E-state index in [0.29, 0.717) is 58.6 Å². The summed E-state index contributed by atoms with van der Waals surface area (Å²) in [5.41, 5.74) is 1.88. The first kappa shape index (κ1) is 23.3. The lowest BCUT2D eigenvalue weighted by atomic mass is 10.0. The number of para-hydroxylation sites is 1. The van der Waals surface area contributed by atoms with Crippen LogP contribution in [-0.2, 0) is 11.2 Å². The van der Waals surface area contributed by atoms with Gasteiger partial charge in [0, 0.05) is 31.5 Å². The van der Waals surface area contributed by atoms with Crippen molar-refractivity contribution in [1.82, 2.24) is 20.4 Å². The third-order valence-corrected chi connectivity index (χ3v) is 6.29. The molecule has 0 bridgehead atoms. The molecule has 3 aromatic rings. The van der Waals surface area contributed by atoms with Crippen LogP contribution in [0.5, 0.6) is 11.5 Å². The highest BCUT2D eigenvalue weighted by molar-refractivity contribution is 6.18. The molecule has 0 fully saturated rings. The molecule has 0 saturated heterocycles. The van der Waals surface area contributed by atoms with Crippen molar-refractivity contribution >= 4 is 23.4 Å². The van der Waals surface area contributed by atoms with Crippen LogP contribution in [0.1, 0.15) is 50.6 Å². The van der Waals surface area contributed by atoms with E-state index in [-0.39, 0.29) is 30.7 Å². The lowest BCUT2D eigenvalue weighted by Crippen LogP contribution is -2.49. The van der Waals surface area contributed by atoms with E-state index >= 15 is 0 Å². The second-order valence-corrected chi connectivity index (χ2v) is 8.42. The van der Waals surface area contributed by atoms with Crippen molar-refractivity contribution in [2.75, 3.05) is 32.2 Å². The maximum absolute atomic E-state index is 13.7. The summed E-state index contributed by atoms with van der Waals surface area (Å²) in [7, 11) is 2.97. The van der Waals surface area contributed by atoms with E-state index in [4.69, 9.17) is 14.0 Å². The van der Waals surface area contributed by atoms with Gasteiger partial charge in [-0.15, -0.1) is 0 Å². The summed E-state index contributed by atoms with van der Waals surface area (Å²) in [4.78, 5) is 47.0. The summed E-state index contributed by atoms with van der Waals surface area (Å²) >= 11 is 0. The lowest BCUT2D eigenvalue weighted by molar-refractivity contribution is -0.121. The first-order chi connectivity index (χ1) is 17.4. The van der Waals surface area contributed by atoms with E-state index in [1.807, 2.05) is 0 Å². The zero-order valence-corrected chi connectivity index (χ0v) is 20.1. The number of hydrogen-bond donors (Lipinski definition) is 1. The van der Waals surface area contributed by atoms with Crippen LogP contribution in [-0.4, -0.2) is 60.1 Å². The van der Waals surface area contributed by atoms with Gasteiger partial charge in [-0.05, 0) is 25.1 Å². The number of methoxy groups -OCH3 is 2. The molecule has 0 spiro atoms. The standard InChI is InChI=1S/C25H25N5O6/c1-14-27-20(36-28-14)10-12-26-19(31)11-13-29-23-16-8-9-18(34-2)22(35-3)21(16)25(33)30(23)17-7-5-4-6-15(17)24(29)32/h4-9,23H,10-13H2,1-3H3,(H,26,31)/t23-/m0/s1. The number of carbonyl (C=O) groups excluding carboxylic acids is 3. The fourth-order valence-corrected chi connectivity index (χ4v) is 4.71. The fraction of sp³-hybridized carbons (Fsp3) is 0.320. The number of hydrogen-bond acceptors (Lipinski definition) is 8. The Morgan fingerprint density at radius 1 is 1.11 bits per heavy atom. The van der Waals surface area contributed by atoms with Gasteiger partial charge in [-0.25, -0.2) is 0 Å². The first-order valence-electron chi connectivity index (χ1n) is 11.5. The van der Waals surface area contributed by atoms with Crippen LogP contribution in [0.3, 0.4) is 0 Å². The number of rotatable bonds is 8. The van der Waals surface area contributed by atoms with Crippen molar-refractivity contribution in [2.24, 2.45) is 0 Å². The number of aromatic nitrogens is 2. The molecule has 186 valence electrons. The average molecular weight is 492 g/mol. The van der Waals surface area contributed by atoms with Crippen LogP contribution in [0.25, 0.3) is 0 Å². The average Bonchev–Trinajstić information content (AvgIpc) is 3.43. The molecule has 1 N–H and O–H groups in total. The number of ether oxygens (including phenoxy) is 2. The van der Waals surface area contributed by atoms with Crippen LogP contribution in [0.15, 0.2) is 40.9 Å². The molecule has 0 saturated carbocycles. The molecule has 1 aromatic heterocycles. The lowest BCUT2D eigenvalue weighted by Gasteiger charge is -2.40. The van der Waals surface area contributed by atoms with Crippen molar-refractivity contribution in [2.45, 2.75) is 25.9 Å². The summed E-state index contributed by atoms with van der Waals surface area (Å²) in [6.45, 7) is 2.16. The Hall–Kier alpha value is -4.41. The molecule has 11 nitrogen and oxygen atoms in total. The van der Waals surface area contributed by atoms with Gasteiger partial charge in [-0.2, -0.15) is 4.98 Å². The van der Waals surface area contributed by atoms with Crippen molar-refractivity contribution < 1.29 is 28.4 Å². The highest BCUT2D eigenvalue weighted by Crippen LogP contribution is 2.49. The number of nitrogens with one attached hydrogen (secondary N) is 1. The molecule has 2 aliphatic heterocycles. The predicted octanol–water partition coefficient (Wildman–Crippen LogP) is 2.26. The Labute approximate surface area is 207 Å². The molecule has 0 aliphatic carbocycles. The molecule has 11 heteroatoms. The van der Waals surface area contributed by atoms with Gasteiger partial charge in [0.15, 0.2) is 17.3 Å². The van der Waals surface area contributed by atoms with Gasteiger partial charge in [0.05, 0.1) is 31.0 Å². The van der Waals surface area contributed by atoms with Crippen LogP contribution in [0, 0.1) is 6.92 Å².